The first kappa shape index (κ1) is 14.1. The van der Waals surface area contributed by atoms with Crippen LogP contribution in [0, 0.1) is 0 Å². The molecule has 0 aliphatic heterocycles. The Morgan fingerprint density at radius 1 is 1.41 bits per heavy atom. The van der Waals surface area contributed by atoms with Crippen molar-refractivity contribution in [3.8, 4) is 0 Å². The predicted octanol–water partition coefficient (Wildman–Crippen LogP) is 2.75. The van der Waals surface area contributed by atoms with Gasteiger partial charge in [0, 0.05) is 17.4 Å². The van der Waals surface area contributed by atoms with Gasteiger partial charge in [-0.1, -0.05) is 19.1 Å². The smallest absolute Gasteiger partial charge is 0.305 e. The zero-order valence-corrected chi connectivity index (χ0v) is 11.1. The van der Waals surface area contributed by atoms with E-state index in [0.29, 0.717) is 12.8 Å². The molecule has 0 saturated carbocycles. The molecule has 0 fully saturated rings. The monoisotopic (exact) mass is 253 g/mol. The largest absolute Gasteiger partial charge is 0.469 e. The van der Waals surface area contributed by atoms with Crippen LogP contribution < -0.4 is 5.73 Å². The molecule has 4 heteroatoms. The molecule has 0 aromatic heterocycles. The summed E-state index contributed by atoms with van der Waals surface area (Å²) in [5, 5.41) is 0. The second-order valence-electron chi connectivity index (χ2n) is 3.72. The van der Waals surface area contributed by atoms with Gasteiger partial charge in [0.2, 0.25) is 0 Å². The molecule has 1 rings (SSSR count). The molecule has 0 heterocycles. The highest BCUT2D eigenvalue weighted by Gasteiger charge is 2.09. The first-order valence-electron chi connectivity index (χ1n) is 5.72. The van der Waals surface area contributed by atoms with Gasteiger partial charge >= 0.3 is 5.97 Å². The van der Waals surface area contributed by atoms with Crippen molar-refractivity contribution in [3.63, 3.8) is 0 Å². The van der Waals surface area contributed by atoms with Crippen LogP contribution in [-0.2, 0) is 9.53 Å². The van der Waals surface area contributed by atoms with Crippen molar-refractivity contribution in [2.45, 2.75) is 30.7 Å². The van der Waals surface area contributed by atoms with Gasteiger partial charge in [0.1, 0.15) is 0 Å². The number of ether oxygens (including phenoxy) is 1. The van der Waals surface area contributed by atoms with E-state index in [0.717, 1.165) is 11.3 Å². The Kier molecular flexibility index (Phi) is 6.08. The number of nitrogens with two attached hydrogens (primary N) is 1. The van der Waals surface area contributed by atoms with Crippen molar-refractivity contribution in [1.29, 1.82) is 0 Å². The average molecular weight is 253 g/mol. The van der Waals surface area contributed by atoms with Gasteiger partial charge in [-0.05, 0) is 29.9 Å². The molecule has 1 atom stereocenters. The number of hydrogen-bond donors (Lipinski definition) is 1. The van der Waals surface area contributed by atoms with Crippen LogP contribution in [0.4, 0.5) is 0 Å². The molecule has 17 heavy (non-hydrogen) atoms. The van der Waals surface area contributed by atoms with Gasteiger partial charge < -0.3 is 10.5 Å². The molecule has 1 aromatic carbocycles. The number of esters is 1. The molecular formula is C13H19NO2S. The second kappa shape index (κ2) is 7.35. The third-order valence-corrected chi connectivity index (χ3v) is 3.40. The minimum absolute atomic E-state index is 0.102. The number of benzene rings is 1. The maximum Gasteiger partial charge on any atom is 0.305 e. The Bertz CT molecular complexity index is 351. The Morgan fingerprint density at radius 2 is 2.06 bits per heavy atom. The Labute approximate surface area is 107 Å². The van der Waals surface area contributed by atoms with Crippen molar-refractivity contribution in [2.24, 2.45) is 5.73 Å². The van der Waals surface area contributed by atoms with E-state index >= 15 is 0 Å². The lowest BCUT2D eigenvalue weighted by atomic mass is 10.0. The number of carbonyl (C=O) groups is 1. The highest BCUT2D eigenvalue weighted by atomic mass is 32.2. The van der Waals surface area contributed by atoms with Gasteiger partial charge in [0.25, 0.3) is 0 Å². The molecule has 0 radical (unpaired) electrons. The fourth-order valence-electron chi connectivity index (χ4n) is 1.52. The maximum absolute atomic E-state index is 11.0. The van der Waals surface area contributed by atoms with Gasteiger partial charge in [-0.2, -0.15) is 0 Å². The van der Waals surface area contributed by atoms with E-state index in [4.69, 9.17) is 5.73 Å². The van der Waals surface area contributed by atoms with Gasteiger partial charge in [-0.15, -0.1) is 11.8 Å². The third kappa shape index (κ3) is 4.79. The lowest BCUT2D eigenvalue weighted by Gasteiger charge is -2.11. The number of rotatable bonds is 6. The van der Waals surface area contributed by atoms with Gasteiger partial charge in [-0.3, -0.25) is 4.79 Å². The van der Waals surface area contributed by atoms with Crippen molar-refractivity contribution in [2.75, 3.05) is 12.9 Å². The van der Waals surface area contributed by atoms with Crippen LogP contribution in [0.25, 0.3) is 0 Å². The summed E-state index contributed by atoms with van der Waals surface area (Å²) in [4.78, 5) is 12.3. The Hall–Kier alpha value is -1.00. The van der Waals surface area contributed by atoms with Gasteiger partial charge in [-0.25, -0.2) is 0 Å². The first-order valence-corrected chi connectivity index (χ1v) is 6.71. The summed E-state index contributed by atoms with van der Waals surface area (Å²) in [7, 11) is 1.39. The Balaban J connectivity index is 2.51. The van der Waals surface area contributed by atoms with E-state index in [2.05, 4.69) is 23.8 Å². The van der Waals surface area contributed by atoms with Crippen molar-refractivity contribution >= 4 is 17.7 Å². The topological polar surface area (TPSA) is 52.3 Å². The standard InChI is InChI=1S/C13H19NO2S/c1-3-17-11-6-4-10(5-7-11)12(14)8-9-13(15)16-2/h4-7,12H,3,8-9,14H2,1-2H3. The molecule has 2 N–H and O–H groups in total. The molecule has 0 aliphatic carbocycles. The zero-order valence-electron chi connectivity index (χ0n) is 10.3. The molecule has 0 spiro atoms. The number of methoxy groups -OCH3 is 1. The highest BCUT2D eigenvalue weighted by Crippen LogP contribution is 2.21. The Morgan fingerprint density at radius 3 is 2.59 bits per heavy atom. The normalized spacial score (nSPS) is 12.2. The van der Waals surface area contributed by atoms with E-state index in [1.165, 1.54) is 12.0 Å². The summed E-state index contributed by atoms with van der Waals surface area (Å²) in [6.07, 6.45) is 0.982. The van der Waals surface area contributed by atoms with E-state index in [-0.39, 0.29) is 12.0 Å². The lowest BCUT2D eigenvalue weighted by Crippen LogP contribution is -2.12. The van der Waals surface area contributed by atoms with E-state index < -0.39 is 0 Å². The summed E-state index contributed by atoms with van der Waals surface area (Å²) < 4.78 is 4.59. The van der Waals surface area contributed by atoms with Crippen molar-refractivity contribution in [3.05, 3.63) is 29.8 Å². The molecule has 0 aliphatic rings. The van der Waals surface area contributed by atoms with Crippen molar-refractivity contribution < 1.29 is 9.53 Å². The summed E-state index contributed by atoms with van der Waals surface area (Å²) in [5.74, 6) is 0.854. The minimum atomic E-state index is -0.210. The molecule has 0 bridgehead atoms. The second-order valence-corrected chi connectivity index (χ2v) is 5.06. The van der Waals surface area contributed by atoms with Crippen molar-refractivity contribution in [1.82, 2.24) is 0 Å². The summed E-state index contributed by atoms with van der Waals surface area (Å²) in [6, 6.07) is 8.10. The zero-order chi connectivity index (χ0) is 12.7. The SMILES string of the molecule is CCSc1ccc(C(N)CCC(=O)OC)cc1. The minimum Gasteiger partial charge on any atom is -0.469 e. The van der Waals surface area contributed by atoms with E-state index in [1.54, 1.807) is 11.8 Å². The molecule has 0 amide bonds. The van der Waals surface area contributed by atoms with E-state index in [1.807, 2.05) is 12.1 Å². The molecule has 94 valence electrons. The molecule has 3 nitrogen and oxygen atoms in total. The first-order chi connectivity index (χ1) is 8.17. The molecule has 0 saturated heterocycles. The summed E-state index contributed by atoms with van der Waals surface area (Å²) in [5.41, 5.74) is 7.07. The van der Waals surface area contributed by atoms with Crippen LogP contribution in [0.2, 0.25) is 0 Å². The fourth-order valence-corrected chi connectivity index (χ4v) is 2.18. The maximum atomic E-state index is 11.0. The van der Waals surface area contributed by atoms with Gasteiger partial charge in [0.05, 0.1) is 7.11 Å². The molecule has 1 aromatic rings. The number of hydrogen-bond acceptors (Lipinski definition) is 4. The fraction of sp³-hybridized carbons (Fsp3) is 0.462. The molecular weight excluding hydrogens is 234 g/mol. The third-order valence-electron chi connectivity index (χ3n) is 2.51. The van der Waals surface area contributed by atoms with Crippen LogP contribution >= 0.6 is 11.8 Å². The summed E-state index contributed by atoms with van der Waals surface area (Å²) >= 11 is 1.80. The number of carbonyl (C=O) groups excluding carboxylic acids is 1. The quantitative estimate of drug-likeness (QED) is 0.625. The van der Waals surface area contributed by atoms with Gasteiger partial charge in [0.15, 0.2) is 0 Å². The highest BCUT2D eigenvalue weighted by molar-refractivity contribution is 7.99. The average Bonchev–Trinajstić information content (AvgIpc) is 2.36. The lowest BCUT2D eigenvalue weighted by molar-refractivity contribution is -0.140. The van der Waals surface area contributed by atoms with Crippen LogP contribution in [0.3, 0.4) is 0 Å². The summed E-state index contributed by atoms with van der Waals surface area (Å²) in [6.45, 7) is 2.13. The van der Waals surface area contributed by atoms with E-state index in [9.17, 15) is 4.79 Å². The van der Waals surface area contributed by atoms with Crippen LogP contribution in [0.1, 0.15) is 31.4 Å². The van der Waals surface area contributed by atoms with Crippen LogP contribution in [-0.4, -0.2) is 18.8 Å². The number of thioether (sulfide) groups is 1. The van der Waals surface area contributed by atoms with Crippen LogP contribution in [0.15, 0.2) is 29.2 Å². The van der Waals surface area contributed by atoms with Crippen LogP contribution in [0.5, 0.6) is 0 Å². The molecule has 1 unspecified atom stereocenters. The predicted molar refractivity (Wildman–Crippen MR) is 71.0 cm³/mol.